The summed E-state index contributed by atoms with van der Waals surface area (Å²) in [5, 5.41) is 2.94. The van der Waals surface area contributed by atoms with Crippen LogP contribution in [0.2, 0.25) is 0 Å². The number of carbonyl (C=O) groups excluding carboxylic acids is 3. The van der Waals surface area contributed by atoms with Gasteiger partial charge in [-0.2, -0.15) is 0 Å². The molecule has 0 aliphatic heterocycles. The zero-order chi connectivity index (χ0) is 21.9. The molecule has 0 unspecified atom stereocenters. The SMILES string of the molecule is CCOC(=O)[C@H](C)C[C@@H](Cc1ccc(-c2ccccc2)cc1)NC(=O)CCC(N)=O. The highest BCUT2D eigenvalue weighted by atomic mass is 16.5. The van der Waals surface area contributed by atoms with Crippen molar-refractivity contribution < 1.29 is 19.1 Å². The lowest BCUT2D eigenvalue weighted by molar-refractivity contribution is -0.148. The standard InChI is InChI=1S/C24H30N2O4/c1-3-30-24(29)17(2)15-21(26-23(28)14-13-22(25)27)16-18-9-11-20(12-10-18)19-7-5-4-6-8-19/h4-12,17,21H,3,13-16H2,1-2H3,(H2,25,27)(H,26,28)/t17-,21+/m1/s1. The summed E-state index contributed by atoms with van der Waals surface area (Å²) in [6, 6.07) is 18.0. The first-order valence-corrected chi connectivity index (χ1v) is 10.3. The monoisotopic (exact) mass is 410 g/mol. The molecular weight excluding hydrogens is 380 g/mol. The number of ether oxygens (including phenoxy) is 1. The van der Waals surface area contributed by atoms with Gasteiger partial charge in [0.1, 0.15) is 0 Å². The lowest BCUT2D eigenvalue weighted by Gasteiger charge is -2.22. The van der Waals surface area contributed by atoms with Crippen LogP contribution in [0.15, 0.2) is 54.6 Å². The summed E-state index contributed by atoms with van der Waals surface area (Å²) in [5.74, 6) is -1.41. The number of esters is 1. The highest BCUT2D eigenvalue weighted by molar-refractivity contribution is 5.83. The molecule has 0 aliphatic rings. The van der Waals surface area contributed by atoms with Crippen molar-refractivity contribution in [1.82, 2.24) is 5.32 Å². The second-order valence-electron chi connectivity index (χ2n) is 7.39. The van der Waals surface area contributed by atoms with Crippen molar-refractivity contribution in [2.45, 2.75) is 45.6 Å². The molecule has 6 nitrogen and oxygen atoms in total. The summed E-state index contributed by atoms with van der Waals surface area (Å²) >= 11 is 0. The number of hydrogen-bond donors (Lipinski definition) is 2. The van der Waals surface area contributed by atoms with E-state index in [1.807, 2.05) is 42.5 Å². The smallest absolute Gasteiger partial charge is 0.308 e. The Bertz CT molecular complexity index is 834. The third-order valence-electron chi connectivity index (χ3n) is 4.83. The van der Waals surface area contributed by atoms with Gasteiger partial charge in [0.25, 0.3) is 0 Å². The molecule has 2 aromatic carbocycles. The third kappa shape index (κ3) is 7.70. The minimum absolute atomic E-state index is 0.00223. The fraction of sp³-hybridized carbons (Fsp3) is 0.375. The molecule has 3 N–H and O–H groups in total. The van der Waals surface area contributed by atoms with Crippen molar-refractivity contribution in [3.63, 3.8) is 0 Å². The van der Waals surface area contributed by atoms with Crippen LogP contribution >= 0.6 is 0 Å². The van der Waals surface area contributed by atoms with Gasteiger partial charge in [-0.3, -0.25) is 14.4 Å². The molecule has 0 bridgehead atoms. The van der Waals surface area contributed by atoms with E-state index in [9.17, 15) is 14.4 Å². The first-order chi connectivity index (χ1) is 14.4. The van der Waals surface area contributed by atoms with E-state index in [0.29, 0.717) is 19.4 Å². The fourth-order valence-corrected chi connectivity index (χ4v) is 3.29. The quantitative estimate of drug-likeness (QED) is 0.556. The number of hydrogen-bond acceptors (Lipinski definition) is 4. The molecule has 160 valence electrons. The van der Waals surface area contributed by atoms with E-state index in [2.05, 4.69) is 17.4 Å². The maximum absolute atomic E-state index is 12.2. The molecule has 0 saturated carbocycles. The average Bonchev–Trinajstić information content (AvgIpc) is 2.73. The normalized spacial score (nSPS) is 12.6. The van der Waals surface area contributed by atoms with Gasteiger partial charge >= 0.3 is 5.97 Å². The van der Waals surface area contributed by atoms with Crippen LogP contribution in [0.1, 0.15) is 38.7 Å². The zero-order valence-corrected chi connectivity index (χ0v) is 17.6. The van der Waals surface area contributed by atoms with Crippen molar-refractivity contribution in [2.75, 3.05) is 6.61 Å². The molecular formula is C24H30N2O4. The van der Waals surface area contributed by atoms with Gasteiger partial charge in [0.15, 0.2) is 0 Å². The average molecular weight is 411 g/mol. The van der Waals surface area contributed by atoms with E-state index >= 15 is 0 Å². The number of rotatable bonds is 11. The molecule has 2 atom stereocenters. The Morgan fingerprint density at radius 3 is 2.20 bits per heavy atom. The summed E-state index contributed by atoms with van der Waals surface area (Å²) in [6.07, 6.45) is 1.05. The molecule has 0 radical (unpaired) electrons. The van der Waals surface area contributed by atoms with Gasteiger partial charge in [-0.05, 0) is 36.5 Å². The van der Waals surface area contributed by atoms with Crippen molar-refractivity contribution in [2.24, 2.45) is 11.7 Å². The van der Waals surface area contributed by atoms with Gasteiger partial charge in [-0.1, -0.05) is 61.5 Å². The van der Waals surface area contributed by atoms with E-state index in [-0.39, 0.29) is 36.7 Å². The Labute approximate surface area is 177 Å². The Morgan fingerprint density at radius 2 is 1.60 bits per heavy atom. The minimum Gasteiger partial charge on any atom is -0.466 e. The molecule has 30 heavy (non-hydrogen) atoms. The van der Waals surface area contributed by atoms with Gasteiger partial charge in [-0.25, -0.2) is 0 Å². The highest BCUT2D eigenvalue weighted by Crippen LogP contribution is 2.21. The topological polar surface area (TPSA) is 98.5 Å². The lowest BCUT2D eigenvalue weighted by atomic mass is 9.94. The van der Waals surface area contributed by atoms with Crippen LogP contribution in [0, 0.1) is 5.92 Å². The molecule has 0 spiro atoms. The predicted molar refractivity (Wildman–Crippen MR) is 116 cm³/mol. The van der Waals surface area contributed by atoms with Crippen LogP contribution in [0.4, 0.5) is 0 Å². The molecule has 0 saturated heterocycles. The molecule has 6 heteroatoms. The second-order valence-corrected chi connectivity index (χ2v) is 7.39. The summed E-state index contributed by atoms with van der Waals surface area (Å²) in [7, 11) is 0. The maximum Gasteiger partial charge on any atom is 0.308 e. The molecule has 0 fully saturated rings. The summed E-state index contributed by atoms with van der Waals surface area (Å²) < 4.78 is 5.09. The van der Waals surface area contributed by atoms with Gasteiger partial charge in [-0.15, -0.1) is 0 Å². The Hall–Kier alpha value is -3.15. The van der Waals surface area contributed by atoms with Gasteiger partial charge in [0, 0.05) is 18.9 Å². The largest absolute Gasteiger partial charge is 0.466 e. The molecule has 2 amide bonds. The second kappa shape index (κ2) is 11.8. The van der Waals surface area contributed by atoms with E-state index in [1.54, 1.807) is 13.8 Å². The Balaban J connectivity index is 2.07. The van der Waals surface area contributed by atoms with Crippen LogP contribution in [0.5, 0.6) is 0 Å². The summed E-state index contributed by atoms with van der Waals surface area (Å²) in [6.45, 7) is 3.88. The van der Waals surface area contributed by atoms with E-state index in [0.717, 1.165) is 16.7 Å². The fourth-order valence-electron chi connectivity index (χ4n) is 3.29. The van der Waals surface area contributed by atoms with Crippen LogP contribution < -0.4 is 11.1 Å². The summed E-state index contributed by atoms with van der Waals surface area (Å²) in [5.41, 5.74) is 8.43. The molecule has 2 aromatic rings. The molecule has 2 rings (SSSR count). The van der Waals surface area contributed by atoms with Crippen LogP contribution in [-0.2, 0) is 25.5 Å². The first-order valence-electron chi connectivity index (χ1n) is 10.3. The third-order valence-corrected chi connectivity index (χ3v) is 4.83. The van der Waals surface area contributed by atoms with Crippen LogP contribution in [0.25, 0.3) is 11.1 Å². The first kappa shape index (κ1) is 23.1. The van der Waals surface area contributed by atoms with E-state index in [1.165, 1.54) is 0 Å². The van der Waals surface area contributed by atoms with Crippen molar-refractivity contribution in [3.8, 4) is 11.1 Å². The van der Waals surface area contributed by atoms with Gasteiger partial charge < -0.3 is 15.8 Å². The van der Waals surface area contributed by atoms with E-state index in [4.69, 9.17) is 10.5 Å². The molecule has 0 aromatic heterocycles. The number of carbonyl (C=O) groups is 3. The van der Waals surface area contributed by atoms with Crippen molar-refractivity contribution in [3.05, 3.63) is 60.2 Å². The zero-order valence-electron chi connectivity index (χ0n) is 17.6. The molecule has 0 heterocycles. The Morgan fingerprint density at radius 1 is 0.967 bits per heavy atom. The van der Waals surface area contributed by atoms with Crippen molar-refractivity contribution in [1.29, 1.82) is 0 Å². The number of nitrogens with two attached hydrogens (primary N) is 1. The van der Waals surface area contributed by atoms with E-state index < -0.39 is 5.91 Å². The number of amides is 2. The summed E-state index contributed by atoms with van der Waals surface area (Å²) in [4.78, 5) is 35.2. The number of primary amides is 1. The molecule has 0 aliphatic carbocycles. The Kier molecular flexibility index (Phi) is 9.06. The van der Waals surface area contributed by atoms with Gasteiger partial charge in [0.2, 0.25) is 11.8 Å². The van der Waals surface area contributed by atoms with Crippen LogP contribution in [-0.4, -0.2) is 30.4 Å². The lowest BCUT2D eigenvalue weighted by Crippen LogP contribution is -2.39. The minimum atomic E-state index is -0.516. The maximum atomic E-state index is 12.2. The van der Waals surface area contributed by atoms with Crippen molar-refractivity contribution >= 4 is 17.8 Å². The highest BCUT2D eigenvalue weighted by Gasteiger charge is 2.22. The van der Waals surface area contributed by atoms with Crippen LogP contribution in [0.3, 0.4) is 0 Å². The number of nitrogens with one attached hydrogen (secondary N) is 1. The number of benzene rings is 2. The van der Waals surface area contributed by atoms with Gasteiger partial charge in [0.05, 0.1) is 12.5 Å². The predicted octanol–water partition coefficient (Wildman–Crippen LogP) is 3.24.